The summed E-state index contributed by atoms with van der Waals surface area (Å²) in [6, 6.07) is 2.12. The summed E-state index contributed by atoms with van der Waals surface area (Å²) in [5.41, 5.74) is 0. The highest BCUT2D eigenvalue weighted by Gasteiger charge is 2.29. The van der Waals surface area contributed by atoms with E-state index in [2.05, 4.69) is 19.9 Å². The fraction of sp³-hybridized carbons (Fsp3) is 0.900. The molecule has 0 amide bonds. The summed E-state index contributed by atoms with van der Waals surface area (Å²) in [7, 11) is 0. The number of likely N-dealkylation sites (tertiary alicyclic amines) is 1. The van der Waals surface area contributed by atoms with Crippen molar-refractivity contribution in [2.75, 3.05) is 19.6 Å². The number of rotatable bonds is 2. The molecule has 3 nitrogen and oxygen atoms in total. The lowest BCUT2D eigenvalue weighted by Crippen LogP contribution is -2.45. The van der Waals surface area contributed by atoms with Gasteiger partial charge in [-0.1, -0.05) is 13.8 Å². The molecular formula is C10H18N2O. The Morgan fingerprint density at radius 3 is 2.77 bits per heavy atom. The molecule has 0 radical (unpaired) electrons. The van der Waals surface area contributed by atoms with E-state index in [0.29, 0.717) is 24.9 Å². The third-order valence-corrected chi connectivity index (χ3v) is 2.87. The van der Waals surface area contributed by atoms with Crippen molar-refractivity contribution in [3.05, 3.63) is 0 Å². The zero-order chi connectivity index (χ0) is 9.84. The van der Waals surface area contributed by atoms with Crippen LogP contribution in [0.3, 0.4) is 0 Å². The number of aliphatic hydroxyl groups excluding tert-OH is 1. The van der Waals surface area contributed by atoms with Crippen molar-refractivity contribution in [1.82, 2.24) is 4.90 Å². The van der Waals surface area contributed by atoms with Crippen LogP contribution in [0.4, 0.5) is 0 Å². The summed E-state index contributed by atoms with van der Waals surface area (Å²) in [5.74, 6) is 0.953. The van der Waals surface area contributed by atoms with E-state index in [1.165, 1.54) is 0 Å². The van der Waals surface area contributed by atoms with Gasteiger partial charge in [0.25, 0.3) is 0 Å². The Labute approximate surface area is 80.0 Å². The summed E-state index contributed by atoms with van der Waals surface area (Å²) < 4.78 is 0. The van der Waals surface area contributed by atoms with Crippen LogP contribution in [0.5, 0.6) is 0 Å². The van der Waals surface area contributed by atoms with Crippen molar-refractivity contribution < 1.29 is 5.11 Å². The molecule has 2 unspecified atom stereocenters. The number of piperidine rings is 1. The number of hydrogen-bond acceptors (Lipinski definition) is 3. The lowest BCUT2D eigenvalue weighted by molar-refractivity contribution is 0.00777. The predicted octanol–water partition coefficient (Wildman–Crippen LogP) is 0.849. The minimum Gasteiger partial charge on any atom is -0.391 e. The standard InChI is InChI=1S/C10H18N2O/c1-8(2)9-3-5-12(6-4-11)7-10(9)13/h8-10,13H,3,5-7H2,1-2H3. The summed E-state index contributed by atoms with van der Waals surface area (Å²) >= 11 is 0. The van der Waals surface area contributed by atoms with Crippen molar-refractivity contribution >= 4 is 0 Å². The molecule has 74 valence electrons. The molecule has 1 saturated heterocycles. The Morgan fingerprint density at radius 1 is 1.62 bits per heavy atom. The van der Waals surface area contributed by atoms with Crippen LogP contribution in [0.25, 0.3) is 0 Å². The molecule has 0 spiro atoms. The molecule has 0 bridgehead atoms. The zero-order valence-electron chi connectivity index (χ0n) is 8.40. The second-order valence-electron chi connectivity index (χ2n) is 4.16. The van der Waals surface area contributed by atoms with Gasteiger partial charge in [-0.05, 0) is 24.8 Å². The Balaban J connectivity index is 2.43. The highest BCUT2D eigenvalue weighted by molar-refractivity contribution is 4.86. The van der Waals surface area contributed by atoms with Gasteiger partial charge in [0.15, 0.2) is 0 Å². The van der Waals surface area contributed by atoms with Crippen LogP contribution in [-0.2, 0) is 0 Å². The van der Waals surface area contributed by atoms with E-state index in [1.807, 2.05) is 4.90 Å². The minimum absolute atomic E-state index is 0.248. The maximum absolute atomic E-state index is 9.79. The van der Waals surface area contributed by atoms with Crippen LogP contribution in [0.1, 0.15) is 20.3 Å². The molecule has 0 aliphatic carbocycles. The molecule has 1 rings (SSSR count). The van der Waals surface area contributed by atoms with Crippen molar-refractivity contribution in [3.63, 3.8) is 0 Å². The highest BCUT2D eigenvalue weighted by Crippen LogP contribution is 2.24. The average Bonchev–Trinajstić information content (AvgIpc) is 2.04. The van der Waals surface area contributed by atoms with E-state index in [0.717, 1.165) is 13.0 Å². The van der Waals surface area contributed by atoms with E-state index in [-0.39, 0.29) is 6.10 Å². The Kier molecular flexibility index (Phi) is 3.71. The van der Waals surface area contributed by atoms with E-state index >= 15 is 0 Å². The van der Waals surface area contributed by atoms with Crippen LogP contribution < -0.4 is 0 Å². The summed E-state index contributed by atoms with van der Waals surface area (Å²) in [5, 5.41) is 18.3. The van der Waals surface area contributed by atoms with Gasteiger partial charge in [0.2, 0.25) is 0 Å². The number of aliphatic hydroxyl groups is 1. The van der Waals surface area contributed by atoms with E-state index in [1.54, 1.807) is 0 Å². The van der Waals surface area contributed by atoms with Crippen molar-refractivity contribution in [3.8, 4) is 6.07 Å². The first kappa shape index (κ1) is 10.5. The third kappa shape index (κ3) is 2.68. The van der Waals surface area contributed by atoms with Gasteiger partial charge < -0.3 is 5.11 Å². The van der Waals surface area contributed by atoms with Crippen LogP contribution in [-0.4, -0.2) is 35.7 Å². The Morgan fingerprint density at radius 2 is 2.31 bits per heavy atom. The molecule has 1 aliphatic heterocycles. The van der Waals surface area contributed by atoms with Gasteiger partial charge in [0, 0.05) is 6.54 Å². The maximum Gasteiger partial charge on any atom is 0.0866 e. The first-order chi connectivity index (χ1) is 6.15. The second-order valence-corrected chi connectivity index (χ2v) is 4.16. The SMILES string of the molecule is CC(C)C1CCN(CC#N)CC1O. The maximum atomic E-state index is 9.79. The first-order valence-electron chi connectivity index (χ1n) is 4.92. The van der Waals surface area contributed by atoms with Gasteiger partial charge in [-0.3, -0.25) is 4.90 Å². The lowest BCUT2D eigenvalue weighted by Gasteiger charge is -2.36. The fourth-order valence-electron chi connectivity index (χ4n) is 2.04. The van der Waals surface area contributed by atoms with Gasteiger partial charge in [0.05, 0.1) is 18.7 Å². The molecule has 0 aromatic heterocycles. The van der Waals surface area contributed by atoms with Crippen LogP contribution >= 0.6 is 0 Å². The predicted molar refractivity (Wildman–Crippen MR) is 51.0 cm³/mol. The van der Waals surface area contributed by atoms with Crippen molar-refractivity contribution in [2.45, 2.75) is 26.4 Å². The molecule has 1 fully saturated rings. The molecule has 0 saturated carbocycles. The van der Waals surface area contributed by atoms with Crippen LogP contribution in [0.2, 0.25) is 0 Å². The summed E-state index contributed by atoms with van der Waals surface area (Å²) in [6.07, 6.45) is 0.766. The molecule has 1 heterocycles. The smallest absolute Gasteiger partial charge is 0.0866 e. The monoisotopic (exact) mass is 182 g/mol. The van der Waals surface area contributed by atoms with E-state index in [9.17, 15) is 5.11 Å². The molecule has 0 aromatic carbocycles. The lowest BCUT2D eigenvalue weighted by atomic mass is 9.84. The zero-order valence-corrected chi connectivity index (χ0v) is 8.40. The molecule has 2 atom stereocenters. The topological polar surface area (TPSA) is 47.3 Å². The summed E-state index contributed by atoms with van der Waals surface area (Å²) in [4.78, 5) is 2.02. The summed E-state index contributed by atoms with van der Waals surface area (Å²) in [6.45, 7) is 6.35. The van der Waals surface area contributed by atoms with E-state index < -0.39 is 0 Å². The second kappa shape index (κ2) is 4.59. The number of nitrogens with zero attached hydrogens (tertiary/aromatic N) is 2. The Hall–Kier alpha value is -0.590. The average molecular weight is 182 g/mol. The largest absolute Gasteiger partial charge is 0.391 e. The minimum atomic E-state index is -0.248. The molecule has 13 heavy (non-hydrogen) atoms. The highest BCUT2D eigenvalue weighted by atomic mass is 16.3. The Bertz CT molecular complexity index is 198. The van der Waals surface area contributed by atoms with Crippen LogP contribution in [0.15, 0.2) is 0 Å². The molecule has 1 aliphatic rings. The third-order valence-electron chi connectivity index (χ3n) is 2.87. The number of β-amino-alcohol motifs (C(OH)–C–C–N with tert-alkyl or cyclic N) is 1. The first-order valence-corrected chi connectivity index (χ1v) is 4.92. The molecule has 1 N–H and O–H groups in total. The van der Waals surface area contributed by atoms with Crippen molar-refractivity contribution in [2.24, 2.45) is 11.8 Å². The van der Waals surface area contributed by atoms with Crippen molar-refractivity contribution in [1.29, 1.82) is 5.26 Å². The van der Waals surface area contributed by atoms with Gasteiger partial charge in [-0.2, -0.15) is 5.26 Å². The van der Waals surface area contributed by atoms with Gasteiger partial charge >= 0.3 is 0 Å². The van der Waals surface area contributed by atoms with Gasteiger partial charge in [-0.25, -0.2) is 0 Å². The van der Waals surface area contributed by atoms with Crippen LogP contribution in [0, 0.1) is 23.2 Å². The van der Waals surface area contributed by atoms with Gasteiger partial charge in [-0.15, -0.1) is 0 Å². The fourth-order valence-corrected chi connectivity index (χ4v) is 2.04. The van der Waals surface area contributed by atoms with E-state index in [4.69, 9.17) is 5.26 Å². The molecular weight excluding hydrogens is 164 g/mol. The molecule has 0 aromatic rings. The quantitative estimate of drug-likeness (QED) is 0.644. The normalized spacial score (nSPS) is 30.4. The number of hydrogen-bond donors (Lipinski definition) is 1. The number of nitriles is 1. The van der Waals surface area contributed by atoms with Gasteiger partial charge in [0.1, 0.15) is 0 Å². The molecule has 3 heteroatoms.